The molecule has 0 heterocycles. The number of rotatable bonds is 5. The van der Waals surface area contributed by atoms with Crippen molar-refractivity contribution in [1.29, 1.82) is 0 Å². The summed E-state index contributed by atoms with van der Waals surface area (Å²) in [6.45, 7) is 4.01. The van der Waals surface area contributed by atoms with Crippen molar-refractivity contribution in [2.24, 2.45) is 10.6 Å². The van der Waals surface area contributed by atoms with Crippen LogP contribution < -0.4 is 9.88 Å². The Balaban J connectivity index is 1.99. The molecule has 1 aliphatic carbocycles. The molecule has 1 aliphatic rings. The summed E-state index contributed by atoms with van der Waals surface area (Å²) in [5.41, 5.74) is 2.25. The third kappa shape index (κ3) is 4.21. The first-order chi connectivity index (χ1) is 8.75. The molecule has 0 saturated carbocycles. The SMILES string of the molecule is CC(C)(COc1ccc2c(c1)CCC2)CS(N)(=O)=O. The number of hydrogen-bond acceptors (Lipinski definition) is 3. The van der Waals surface area contributed by atoms with E-state index in [1.807, 2.05) is 19.9 Å². The highest BCUT2D eigenvalue weighted by Gasteiger charge is 2.25. The van der Waals surface area contributed by atoms with E-state index < -0.39 is 15.4 Å². The van der Waals surface area contributed by atoms with Crippen LogP contribution in [0.2, 0.25) is 0 Å². The summed E-state index contributed by atoms with van der Waals surface area (Å²) in [4.78, 5) is 0. The van der Waals surface area contributed by atoms with E-state index >= 15 is 0 Å². The lowest BCUT2D eigenvalue weighted by Crippen LogP contribution is -2.33. The molecule has 19 heavy (non-hydrogen) atoms. The number of benzene rings is 1. The molecule has 0 fully saturated rings. The third-order valence-electron chi connectivity index (χ3n) is 3.29. The summed E-state index contributed by atoms with van der Waals surface area (Å²) in [6.07, 6.45) is 3.45. The predicted molar refractivity (Wildman–Crippen MR) is 75.7 cm³/mol. The average molecular weight is 283 g/mol. The van der Waals surface area contributed by atoms with Gasteiger partial charge in [-0.2, -0.15) is 0 Å². The van der Waals surface area contributed by atoms with E-state index in [1.54, 1.807) is 0 Å². The molecule has 4 nitrogen and oxygen atoms in total. The van der Waals surface area contributed by atoms with Gasteiger partial charge in [-0.1, -0.05) is 19.9 Å². The number of aryl methyl sites for hydroxylation is 2. The Morgan fingerprint density at radius 3 is 2.63 bits per heavy atom. The van der Waals surface area contributed by atoms with Crippen LogP contribution in [0.3, 0.4) is 0 Å². The second-order valence-electron chi connectivity index (χ2n) is 6.04. The molecule has 0 aromatic heterocycles. The van der Waals surface area contributed by atoms with Crippen LogP contribution in [0.15, 0.2) is 18.2 Å². The predicted octanol–water partition coefficient (Wildman–Crippen LogP) is 1.87. The fraction of sp³-hybridized carbons (Fsp3) is 0.571. The summed E-state index contributed by atoms with van der Waals surface area (Å²) < 4.78 is 28.0. The topological polar surface area (TPSA) is 69.4 Å². The van der Waals surface area contributed by atoms with Crippen molar-refractivity contribution in [2.75, 3.05) is 12.4 Å². The van der Waals surface area contributed by atoms with Gasteiger partial charge in [0, 0.05) is 5.41 Å². The molecule has 5 heteroatoms. The molecule has 1 aromatic carbocycles. The molecule has 2 N–H and O–H groups in total. The Labute approximate surface area is 115 Å². The molecule has 106 valence electrons. The average Bonchev–Trinajstić information content (AvgIpc) is 2.70. The van der Waals surface area contributed by atoms with E-state index in [4.69, 9.17) is 9.88 Å². The number of hydrogen-bond donors (Lipinski definition) is 1. The van der Waals surface area contributed by atoms with Crippen molar-refractivity contribution in [3.05, 3.63) is 29.3 Å². The Morgan fingerprint density at radius 1 is 1.26 bits per heavy atom. The maximum absolute atomic E-state index is 11.1. The Hall–Kier alpha value is -1.07. The summed E-state index contributed by atoms with van der Waals surface area (Å²) in [5, 5.41) is 5.08. The highest BCUT2D eigenvalue weighted by molar-refractivity contribution is 7.89. The van der Waals surface area contributed by atoms with Crippen molar-refractivity contribution in [3.63, 3.8) is 0 Å². The van der Waals surface area contributed by atoms with Crippen LogP contribution in [-0.4, -0.2) is 20.8 Å². The van der Waals surface area contributed by atoms with Crippen LogP contribution in [0.1, 0.15) is 31.4 Å². The van der Waals surface area contributed by atoms with Crippen molar-refractivity contribution >= 4 is 10.0 Å². The second kappa shape index (κ2) is 5.13. The number of ether oxygens (including phenoxy) is 1. The first kappa shape index (κ1) is 14.3. The maximum atomic E-state index is 11.1. The van der Waals surface area contributed by atoms with Crippen LogP contribution in [0.4, 0.5) is 0 Å². The van der Waals surface area contributed by atoms with Gasteiger partial charge >= 0.3 is 0 Å². The van der Waals surface area contributed by atoms with Gasteiger partial charge < -0.3 is 4.74 Å². The minimum Gasteiger partial charge on any atom is -0.493 e. The summed E-state index contributed by atoms with van der Waals surface area (Å²) in [5.74, 6) is 0.730. The quantitative estimate of drug-likeness (QED) is 0.897. The molecule has 0 atom stereocenters. The zero-order valence-electron chi connectivity index (χ0n) is 11.5. The second-order valence-corrected chi connectivity index (χ2v) is 7.66. The molecule has 2 rings (SSSR count). The van der Waals surface area contributed by atoms with Gasteiger partial charge in [0.25, 0.3) is 0 Å². The standard InChI is InChI=1S/C14H21NO3S/c1-14(2,10-19(15,16)17)9-18-13-7-6-11-4-3-5-12(11)8-13/h6-8H,3-5,9-10H2,1-2H3,(H2,15,16,17). The van der Waals surface area contributed by atoms with Crippen LogP contribution in [0.25, 0.3) is 0 Å². The Bertz CT molecular complexity index is 564. The maximum Gasteiger partial charge on any atom is 0.209 e. The molecule has 0 aliphatic heterocycles. The smallest absolute Gasteiger partial charge is 0.209 e. The normalized spacial score (nSPS) is 15.3. The summed E-state index contributed by atoms with van der Waals surface area (Å²) in [7, 11) is -3.48. The van der Waals surface area contributed by atoms with Crippen LogP contribution in [0, 0.1) is 5.41 Å². The molecule has 1 aromatic rings. The molecular weight excluding hydrogens is 262 g/mol. The van der Waals surface area contributed by atoms with Crippen LogP contribution in [0.5, 0.6) is 5.75 Å². The Morgan fingerprint density at radius 2 is 1.95 bits per heavy atom. The van der Waals surface area contributed by atoms with Crippen LogP contribution in [-0.2, 0) is 22.9 Å². The van der Waals surface area contributed by atoms with Crippen molar-refractivity contribution in [2.45, 2.75) is 33.1 Å². The number of primary sulfonamides is 1. The van der Waals surface area contributed by atoms with Gasteiger partial charge in [0.05, 0.1) is 12.4 Å². The zero-order valence-corrected chi connectivity index (χ0v) is 12.3. The van der Waals surface area contributed by atoms with Crippen LogP contribution >= 0.6 is 0 Å². The van der Waals surface area contributed by atoms with Gasteiger partial charge in [-0.3, -0.25) is 0 Å². The zero-order chi connectivity index (χ0) is 14.1. The van der Waals surface area contributed by atoms with Crippen molar-refractivity contribution in [3.8, 4) is 5.75 Å². The molecule has 0 radical (unpaired) electrons. The molecule has 0 saturated heterocycles. The lowest BCUT2D eigenvalue weighted by Gasteiger charge is -2.23. The van der Waals surface area contributed by atoms with Gasteiger partial charge in [-0.05, 0) is 42.5 Å². The van der Waals surface area contributed by atoms with Gasteiger partial charge in [0.15, 0.2) is 0 Å². The van der Waals surface area contributed by atoms with Crippen molar-refractivity contribution < 1.29 is 13.2 Å². The van der Waals surface area contributed by atoms with Gasteiger partial charge in [-0.15, -0.1) is 0 Å². The van der Waals surface area contributed by atoms with E-state index in [0.29, 0.717) is 6.61 Å². The highest BCUT2D eigenvalue weighted by atomic mass is 32.2. The minimum absolute atomic E-state index is 0.0784. The lowest BCUT2D eigenvalue weighted by atomic mass is 9.98. The summed E-state index contributed by atoms with van der Waals surface area (Å²) >= 11 is 0. The molecule has 0 amide bonds. The fourth-order valence-corrected chi connectivity index (χ4v) is 3.68. The lowest BCUT2D eigenvalue weighted by molar-refractivity contribution is 0.199. The first-order valence-corrected chi connectivity index (χ1v) is 8.22. The van der Waals surface area contributed by atoms with E-state index in [9.17, 15) is 8.42 Å². The van der Waals surface area contributed by atoms with E-state index in [2.05, 4.69) is 12.1 Å². The first-order valence-electron chi connectivity index (χ1n) is 6.50. The van der Waals surface area contributed by atoms with Gasteiger partial charge in [0.2, 0.25) is 10.0 Å². The monoisotopic (exact) mass is 283 g/mol. The number of fused-ring (bicyclic) bond motifs is 1. The third-order valence-corrected chi connectivity index (χ3v) is 4.48. The van der Waals surface area contributed by atoms with Gasteiger partial charge in [0.1, 0.15) is 5.75 Å². The molecule has 0 spiro atoms. The molecular formula is C14H21NO3S. The van der Waals surface area contributed by atoms with E-state index in [0.717, 1.165) is 18.6 Å². The minimum atomic E-state index is -3.48. The largest absolute Gasteiger partial charge is 0.493 e. The number of sulfonamides is 1. The summed E-state index contributed by atoms with van der Waals surface area (Å²) in [6, 6.07) is 6.12. The molecule has 0 unspecified atom stereocenters. The van der Waals surface area contributed by atoms with E-state index in [1.165, 1.54) is 17.5 Å². The number of nitrogens with two attached hydrogens (primary N) is 1. The van der Waals surface area contributed by atoms with Crippen molar-refractivity contribution in [1.82, 2.24) is 0 Å². The molecule has 0 bridgehead atoms. The van der Waals surface area contributed by atoms with E-state index in [-0.39, 0.29) is 5.75 Å². The fourth-order valence-electron chi connectivity index (χ4n) is 2.50. The Kier molecular flexibility index (Phi) is 3.87. The highest BCUT2D eigenvalue weighted by Crippen LogP contribution is 2.27. The van der Waals surface area contributed by atoms with Gasteiger partial charge in [-0.25, -0.2) is 13.6 Å².